The zero-order valence-electron chi connectivity index (χ0n) is 11.8. The molecule has 0 heterocycles. The number of amides is 1. The molecule has 1 atom stereocenters. The third-order valence-corrected chi connectivity index (χ3v) is 2.59. The van der Waals surface area contributed by atoms with Crippen LogP contribution in [0.4, 0.5) is 4.79 Å². The minimum Gasteiger partial charge on any atom is -0.444 e. The van der Waals surface area contributed by atoms with Crippen LogP contribution in [-0.2, 0) is 9.47 Å². The highest BCUT2D eigenvalue weighted by atomic mass is 32.2. The van der Waals surface area contributed by atoms with E-state index in [9.17, 15) is 4.79 Å². The Kier molecular flexibility index (Phi) is 8.93. The number of rotatable bonds is 8. The first-order valence-electron chi connectivity index (χ1n) is 6.06. The number of carbonyl (C=O) groups is 1. The Hall–Kier alpha value is -0.680. The molecule has 0 bridgehead atoms. The van der Waals surface area contributed by atoms with Crippen molar-refractivity contribution in [3.8, 4) is 0 Å². The van der Waals surface area contributed by atoms with Crippen molar-refractivity contribution < 1.29 is 14.3 Å². The molecule has 0 aliphatic heterocycles. The molecule has 106 valence electrons. The van der Waals surface area contributed by atoms with Gasteiger partial charge in [0, 0.05) is 0 Å². The van der Waals surface area contributed by atoms with Gasteiger partial charge in [0.1, 0.15) is 5.60 Å². The standard InChI is InChI=1S/C13H25NO3S/c1-6-8-16-10-11(7-9-18-5)14-12(15)17-13(2,3)4/h6,11H,1,7-10H2,2-5H3,(H,14,15)/t11-/m0/s1. The van der Waals surface area contributed by atoms with Gasteiger partial charge in [-0.15, -0.1) is 6.58 Å². The average molecular weight is 275 g/mol. The third-order valence-electron chi connectivity index (χ3n) is 1.95. The van der Waals surface area contributed by atoms with E-state index in [-0.39, 0.29) is 6.04 Å². The lowest BCUT2D eigenvalue weighted by molar-refractivity contribution is 0.0455. The van der Waals surface area contributed by atoms with E-state index in [1.54, 1.807) is 17.8 Å². The van der Waals surface area contributed by atoms with Crippen LogP contribution in [0.2, 0.25) is 0 Å². The van der Waals surface area contributed by atoms with E-state index in [0.717, 1.165) is 12.2 Å². The lowest BCUT2D eigenvalue weighted by Gasteiger charge is -2.23. The van der Waals surface area contributed by atoms with Gasteiger partial charge >= 0.3 is 6.09 Å². The van der Waals surface area contributed by atoms with Gasteiger partial charge in [-0.3, -0.25) is 0 Å². The molecule has 0 radical (unpaired) electrons. The van der Waals surface area contributed by atoms with Crippen LogP contribution in [0.1, 0.15) is 27.2 Å². The highest BCUT2D eigenvalue weighted by molar-refractivity contribution is 7.98. The summed E-state index contributed by atoms with van der Waals surface area (Å²) >= 11 is 1.74. The largest absolute Gasteiger partial charge is 0.444 e. The van der Waals surface area contributed by atoms with Gasteiger partial charge in [0.25, 0.3) is 0 Å². The Morgan fingerprint density at radius 3 is 2.67 bits per heavy atom. The van der Waals surface area contributed by atoms with Crippen LogP contribution in [0.25, 0.3) is 0 Å². The fourth-order valence-electron chi connectivity index (χ4n) is 1.23. The number of carbonyl (C=O) groups excluding carboxylic acids is 1. The number of ether oxygens (including phenoxy) is 2. The number of thioether (sulfide) groups is 1. The molecule has 0 spiro atoms. The van der Waals surface area contributed by atoms with Crippen molar-refractivity contribution in [1.82, 2.24) is 5.32 Å². The van der Waals surface area contributed by atoms with Crippen LogP contribution in [0, 0.1) is 0 Å². The van der Waals surface area contributed by atoms with Crippen molar-refractivity contribution in [2.45, 2.75) is 38.8 Å². The fraction of sp³-hybridized carbons (Fsp3) is 0.769. The summed E-state index contributed by atoms with van der Waals surface area (Å²) in [6.45, 7) is 10.1. The lowest BCUT2D eigenvalue weighted by Crippen LogP contribution is -2.41. The molecule has 0 aliphatic carbocycles. The molecule has 0 aliphatic rings. The molecule has 0 aromatic heterocycles. The molecule has 4 nitrogen and oxygen atoms in total. The summed E-state index contributed by atoms with van der Waals surface area (Å²) in [6, 6.07) is -0.0211. The first kappa shape index (κ1) is 17.3. The Morgan fingerprint density at radius 1 is 1.50 bits per heavy atom. The van der Waals surface area contributed by atoms with Crippen molar-refractivity contribution in [3.05, 3.63) is 12.7 Å². The second-order valence-electron chi connectivity index (χ2n) is 4.95. The fourth-order valence-corrected chi connectivity index (χ4v) is 1.75. The normalized spacial score (nSPS) is 12.9. The van der Waals surface area contributed by atoms with Gasteiger partial charge in [0.05, 0.1) is 19.3 Å². The molecular weight excluding hydrogens is 250 g/mol. The summed E-state index contributed by atoms with van der Waals surface area (Å²) < 4.78 is 10.6. The summed E-state index contributed by atoms with van der Waals surface area (Å²) in [5.41, 5.74) is -0.476. The molecule has 18 heavy (non-hydrogen) atoms. The second kappa shape index (κ2) is 9.28. The number of hydrogen-bond acceptors (Lipinski definition) is 4. The molecule has 1 N–H and O–H groups in total. The van der Waals surface area contributed by atoms with Gasteiger partial charge in [-0.25, -0.2) is 4.79 Å². The minimum absolute atomic E-state index is 0.0211. The van der Waals surface area contributed by atoms with Crippen molar-refractivity contribution in [2.24, 2.45) is 0 Å². The van der Waals surface area contributed by atoms with Gasteiger partial charge in [0.2, 0.25) is 0 Å². The Bertz CT molecular complexity index is 251. The molecule has 0 rings (SSSR count). The van der Waals surface area contributed by atoms with E-state index in [0.29, 0.717) is 13.2 Å². The van der Waals surface area contributed by atoms with Crippen LogP contribution >= 0.6 is 11.8 Å². The summed E-state index contributed by atoms with van der Waals surface area (Å²) in [7, 11) is 0. The molecule has 0 saturated carbocycles. The SMILES string of the molecule is C=CCOC[C@H](CCSC)NC(=O)OC(C)(C)C. The summed E-state index contributed by atoms with van der Waals surface area (Å²) in [5.74, 6) is 0.970. The van der Waals surface area contributed by atoms with Crippen LogP contribution in [-0.4, -0.2) is 43.0 Å². The molecule has 0 aromatic carbocycles. The van der Waals surface area contributed by atoms with E-state index in [2.05, 4.69) is 11.9 Å². The second-order valence-corrected chi connectivity index (χ2v) is 5.94. The summed E-state index contributed by atoms with van der Waals surface area (Å²) in [6.07, 6.45) is 4.20. The number of hydrogen-bond donors (Lipinski definition) is 1. The predicted octanol–water partition coefficient (Wildman–Crippen LogP) is 2.84. The summed E-state index contributed by atoms with van der Waals surface area (Å²) in [4.78, 5) is 11.6. The van der Waals surface area contributed by atoms with Crippen molar-refractivity contribution in [1.29, 1.82) is 0 Å². The minimum atomic E-state index is -0.476. The van der Waals surface area contributed by atoms with E-state index < -0.39 is 11.7 Å². The molecule has 1 amide bonds. The monoisotopic (exact) mass is 275 g/mol. The van der Waals surface area contributed by atoms with E-state index in [1.807, 2.05) is 27.0 Å². The van der Waals surface area contributed by atoms with Crippen LogP contribution in [0.15, 0.2) is 12.7 Å². The lowest BCUT2D eigenvalue weighted by atomic mass is 10.2. The maximum absolute atomic E-state index is 11.6. The summed E-state index contributed by atoms with van der Waals surface area (Å²) in [5, 5.41) is 2.83. The first-order chi connectivity index (χ1) is 8.39. The quantitative estimate of drug-likeness (QED) is 0.546. The molecule has 0 saturated heterocycles. The molecule has 5 heteroatoms. The van der Waals surface area contributed by atoms with Crippen LogP contribution in [0.3, 0.4) is 0 Å². The van der Waals surface area contributed by atoms with Crippen molar-refractivity contribution >= 4 is 17.9 Å². The smallest absolute Gasteiger partial charge is 0.407 e. The molecule has 0 unspecified atom stereocenters. The van der Waals surface area contributed by atoms with Crippen molar-refractivity contribution in [2.75, 3.05) is 25.2 Å². The van der Waals surface area contributed by atoms with Gasteiger partial charge in [-0.1, -0.05) is 6.08 Å². The highest BCUT2D eigenvalue weighted by Gasteiger charge is 2.19. The van der Waals surface area contributed by atoms with Crippen molar-refractivity contribution in [3.63, 3.8) is 0 Å². The molecule has 0 fully saturated rings. The highest BCUT2D eigenvalue weighted by Crippen LogP contribution is 2.08. The van der Waals surface area contributed by atoms with E-state index in [1.165, 1.54) is 0 Å². The Balaban J connectivity index is 4.12. The zero-order chi connectivity index (χ0) is 14.0. The van der Waals surface area contributed by atoms with Gasteiger partial charge in [0.15, 0.2) is 0 Å². The zero-order valence-corrected chi connectivity index (χ0v) is 12.6. The molecule has 0 aromatic rings. The average Bonchev–Trinajstić information content (AvgIpc) is 2.23. The number of nitrogens with one attached hydrogen (secondary N) is 1. The maximum atomic E-state index is 11.6. The van der Waals surface area contributed by atoms with E-state index >= 15 is 0 Å². The van der Waals surface area contributed by atoms with Gasteiger partial charge in [-0.05, 0) is 39.2 Å². The van der Waals surface area contributed by atoms with Gasteiger partial charge < -0.3 is 14.8 Å². The van der Waals surface area contributed by atoms with Crippen LogP contribution in [0.5, 0.6) is 0 Å². The predicted molar refractivity (Wildman–Crippen MR) is 77.2 cm³/mol. The van der Waals surface area contributed by atoms with E-state index in [4.69, 9.17) is 9.47 Å². The van der Waals surface area contributed by atoms with Gasteiger partial charge in [-0.2, -0.15) is 11.8 Å². The Labute approximate surface area is 114 Å². The topological polar surface area (TPSA) is 47.6 Å². The number of alkyl carbamates (subject to hydrolysis) is 1. The van der Waals surface area contributed by atoms with Crippen LogP contribution < -0.4 is 5.32 Å². The molecular formula is C13H25NO3S. The third kappa shape index (κ3) is 10.5. The first-order valence-corrected chi connectivity index (χ1v) is 7.45. The Morgan fingerprint density at radius 2 is 2.17 bits per heavy atom. The maximum Gasteiger partial charge on any atom is 0.407 e.